The van der Waals surface area contributed by atoms with Gasteiger partial charge in [-0.3, -0.25) is 4.79 Å². The zero-order valence-electron chi connectivity index (χ0n) is 16.7. The van der Waals surface area contributed by atoms with E-state index in [0.29, 0.717) is 12.6 Å². The molecule has 0 bridgehead atoms. The number of para-hydroxylation sites is 1. The fourth-order valence-corrected chi connectivity index (χ4v) is 4.15. The number of carbonyl (C=O) groups is 2. The second-order valence-corrected chi connectivity index (χ2v) is 7.96. The predicted octanol–water partition coefficient (Wildman–Crippen LogP) is 2.70. The Hall–Kier alpha value is -2.24. The number of nitrogens with one attached hydrogen (secondary N) is 1. The van der Waals surface area contributed by atoms with Gasteiger partial charge in [0.05, 0.1) is 0 Å². The second-order valence-electron chi connectivity index (χ2n) is 7.96. The van der Waals surface area contributed by atoms with Gasteiger partial charge >= 0.3 is 6.03 Å². The summed E-state index contributed by atoms with van der Waals surface area (Å²) in [5.41, 5.74) is 1.22. The van der Waals surface area contributed by atoms with E-state index in [-0.39, 0.29) is 24.0 Å². The van der Waals surface area contributed by atoms with Crippen LogP contribution >= 0.6 is 0 Å². The molecule has 2 saturated heterocycles. The molecular weight excluding hydrogens is 340 g/mol. The summed E-state index contributed by atoms with van der Waals surface area (Å²) in [6.07, 6.45) is 3.59. The van der Waals surface area contributed by atoms with Gasteiger partial charge in [-0.1, -0.05) is 18.2 Å². The number of nitrogens with zero attached hydrogens (tertiary/aromatic N) is 3. The lowest BCUT2D eigenvalue weighted by atomic mass is 10.0. The van der Waals surface area contributed by atoms with Crippen LogP contribution in [0.5, 0.6) is 0 Å². The molecule has 6 nitrogen and oxygen atoms in total. The van der Waals surface area contributed by atoms with E-state index in [1.807, 2.05) is 24.8 Å². The van der Waals surface area contributed by atoms with Crippen molar-refractivity contribution >= 4 is 17.6 Å². The van der Waals surface area contributed by atoms with Gasteiger partial charge < -0.3 is 20.0 Å². The number of hydrogen-bond acceptors (Lipinski definition) is 3. The van der Waals surface area contributed by atoms with Crippen LogP contribution < -0.4 is 10.2 Å². The molecule has 2 heterocycles. The lowest BCUT2D eigenvalue weighted by molar-refractivity contribution is -0.136. The Balaban J connectivity index is 1.56. The van der Waals surface area contributed by atoms with Crippen molar-refractivity contribution in [1.82, 2.24) is 15.1 Å². The van der Waals surface area contributed by atoms with Crippen LogP contribution in [0.1, 0.15) is 39.5 Å². The van der Waals surface area contributed by atoms with Gasteiger partial charge in [0.1, 0.15) is 6.04 Å². The van der Waals surface area contributed by atoms with E-state index in [0.717, 1.165) is 38.8 Å². The van der Waals surface area contributed by atoms with Gasteiger partial charge in [-0.2, -0.15) is 0 Å². The Kier molecular flexibility index (Phi) is 6.24. The van der Waals surface area contributed by atoms with Gasteiger partial charge in [-0.05, 0) is 51.7 Å². The molecule has 27 heavy (non-hydrogen) atoms. The van der Waals surface area contributed by atoms with Crippen LogP contribution in [-0.2, 0) is 4.79 Å². The number of likely N-dealkylation sites (tertiary alicyclic amines) is 2. The van der Waals surface area contributed by atoms with E-state index in [1.165, 1.54) is 5.69 Å². The molecule has 3 amide bonds. The molecule has 0 unspecified atom stereocenters. The molecule has 0 saturated carbocycles. The van der Waals surface area contributed by atoms with Gasteiger partial charge in [-0.25, -0.2) is 4.79 Å². The molecule has 2 aliphatic rings. The number of rotatable bonds is 4. The van der Waals surface area contributed by atoms with Crippen molar-refractivity contribution in [2.75, 3.05) is 31.6 Å². The van der Waals surface area contributed by atoms with Gasteiger partial charge in [0.25, 0.3) is 0 Å². The molecule has 0 aromatic heterocycles. The fourth-order valence-electron chi connectivity index (χ4n) is 4.15. The van der Waals surface area contributed by atoms with Crippen molar-refractivity contribution in [3.63, 3.8) is 0 Å². The third-order valence-electron chi connectivity index (χ3n) is 5.70. The molecule has 3 rings (SSSR count). The second kappa shape index (κ2) is 8.63. The first kappa shape index (κ1) is 19.5. The fraction of sp³-hybridized carbons (Fsp3) is 0.619. The molecule has 0 radical (unpaired) electrons. The smallest absolute Gasteiger partial charge is 0.318 e. The van der Waals surface area contributed by atoms with Gasteiger partial charge in [-0.15, -0.1) is 0 Å². The number of anilines is 1. The molecule has 6 heteroatoms. The van der Waals surface area contributed by atoms with Crippen molar-refractivity contribution in [3.8, 4) is 0 Å². The number of urea groups is 1. The van der Waals surface area contributed by atoms with Crippen molar-refractivity contribution in [2.45, 2.75) is 57.7 Å². The zero-order chi connectivity index (χ0) is 19.4. The quantitative estimate of drug-likeness (QED) is 0.884. The van der Waals surface area contributed by atoms with Gasteiger partial charge in [0.2, 0.25) is 5.91 Å². The van der Waals surface area contributed by atoms with E-state index in [2.05, 4.69) is 41.5 Å². The first-order valence-corrected chi connectivity index (χ1v) is 10.1. The third kappa shape index (κ3) is 4.54. The monoisotopic (exact) mass is 372 g/mol. The van der Waals surface area contributed by atoms with E-state index < -0.39 is 0 Å². The molecule has 2 fully saturated rings. The molecule has 148 valence electrons. The molecule has 1 aromatic carbocycles. The number of piperidine rings is 1. The number of amides is 3. The predicted molar refractivity (Wildman–Crippen MR) is 108 cm³/mol. The standard InChI is InChI=1S/C21H32N4O2/c1-16(2)22-21(27)25-13-7-10-19(25)20(26)24-14-11-18(12-15-24)23(3)17-8-5-4-6-9-17/h4-6,8-9,16,18-19H,7,10-15H2,1-3H3,(H,22,27)/t19-/m0/s1. The van der Waals surface area contributed by atoms with Crippen molar-refractivity contribution in [1.29, 1.82) is 0 Å². The summed E-state index contributed by atoms with van der Waals surface area (Å²) in [5.74, 6) is 0.118. The highest BCUT2D eigenvalue weighted by molar-refractivity contribution is 5.87. The summed E-state index contributed by atoms with van der Waals surface area (Å²) in [5, 5.41) is 2.92. The van der Waals surface area contributed by atoms with Crippen LogP contribution in [-0.4, -0.2) is 66.5 Å². The first-order valence-electron chi connectivity index (χ1n) is 10.1. The minimum Gasteiger partial charge on any atom is -0.371 e. The van der Waals surface area contributed by atoms with E-state index in [1.54, 1.807) is 4.90 Å². The summed E-state index contributed by atoms with van der Waals surface area (Å²) in [7, 11) is 2.13. The highest BCUT2D eigenvalue weighted by Gasteiger charge is 2.38. The maximum absolute atomic E-state index is 13.0. The largest absolute Gasteiger partial charge is 0.371 e. The topological polar surface area (TPSA) is 55.9 Å². The van der Waals surface area contributed by atoms with Crippen molar-refractivity contribution in [3.05, 3.63) is 30.3 Å². The van der Waals surface area contributed by atoms with Crippen LogP contribution in [0.15, 0.2) is 30.3 Å². The minimum absolute atomic E-state index is 0.0816. The molecule has 1 N–H and O–H groups in total. The van der Waals surface area contributed by atoms with Crippen LogP contribution in [0, 0.1) is 0 Å². The normalized spacial score (nSPS) is 20.8. The minimum atomic E-state index is -0.299. The lowest BCUT2D eigenvalue weighted by Gasteiger charge is -2.39. The number of hydrogen-bond donors (Lipinski definition) is 1. The summed E-state index contributed by atoms with van der Waals surface area (Å²) in [4.78, 5) is 31.4. The van der Waals surface area contributed by atoms with E-state index in [4.69, 9.17) is 0 Å². The van der Waals surface area contributed by atoms with Crippen molar-refractivity contribution < 1.29 is 9.59 Å². The van der Waals surface area contributed by atoms with E-state index >= 15 is 0 Å². The number of benzene rings is 1. The molecule has 1 atom stereocenters. The Morgan fingerprint density at radius 1 is 1.07 bits per heavy atom. The lowest BCUT2D eigenvalue weighted by Crippen LogP contribution is -2.54. The van der Waals surface area contributed by atoms with E-state index in [9.17, 15) is 9.59 Å². The summed E-state index contributed by atoms with van der Waals surface area (Å²) >= 11 is 0. The van der Waals surface area contributed by atoms with Crippen LogP contribution in [0.25, 0.3) is 0 Å². The molecule has 1 aromatic rings. The zero-order valence-corrected chi connectivity index (χ0v) is 16.7. The van der Waals surface area contributed by atoms with Crippen LogP contribution in [0.3, 0.4) is 0 Å². The molecule has 2 aliphatic heterocycles. The highest BCUT2D eigenvalue weighted by atomic mass is 16.2. The Morgan fingerprint density at radius 2 is 1.74 bits per heavy atom. The molecule has 0 spiro atoms. The maximum atomic E-state index is 13.0. The number of carbonyl (C=O) groups excluding carboxylic acids is 2. The summed E-state index contributed by atoms with van der Waals surface area (Å²) < 4.78 is 0. The maximum Gasteiger partial charge on any atom is 0.318 e. The molecule has 0 aliphatic carbocycles. The van der Waals surface area contributed by atoms with Gasteiger partial charge in [0, 0.05) is 44.5 Å². The van der Waals surface area contributed by atoms with Crippen LogP contribution in [0.2, 0.25) is 0 Å². The highest BCUT2D eigenvalue weighted by Crippen LogP contribution is 2.25. The van der Waals surface area contributed by atoms with Crippen LogP contribution in [0.4, 0.5) is 10.5 Å². The third-order valence-corrected chi connectivity index (χ3v) is 5.70. The van der Waals surface area contributed by atoms with Gasteiger partial charge in [0.15, 0.2) is 0 Å². The summed E-state index contributed by atoms with van der Waals surface area (Å²) in [6.45, 7) is 6.08. The van der Waals surface area contributed by atoms with Crippen molar-refractivity contribution in [2.24, 2.45) is 0 Å². The Morgan fingerprint density at radius 3 is 2.37 bits per heavy atom. The Labute approximate surface area is 162 Å². The SMILES string of the molecule is CC(C)NC(=O)N1CCC[C@H]1C(=O)N1CCC(N(C)c2ccccc2)CC1. The molecular formula is C21H32N4O2. The first-order chi connectivity index (χ1) is 13.0. The Bertz CT molecular complexity index is 641. The average molecular weight is 373 g/mol. The average Bonchev–Trinajstić information content (AvgIpc) is 3.17. The summed E-state index contributed by atoms with van der Waals surface area (Å²) in [6, 6.07) is 10.5.